The van der Waals surface area contributed by atoms with E-state index < -0.39 is 0 Å². The van der Waals surface area contributed by atoms with E-state index in [1.807, 2.05) is 6.07 Å². The first-order valence-electron chi connectivity index (χ1n) is 4.81. The summed E-state index contributed by atoms with van der Waals surface area (Å²) in [6.45, 7) is 4.17. The fourth-order valence-electron chi connectivity index (χ4n) is 1.15. The summed E-state index contributed by atoms with van der Waals surface area (Å²) in [7, 11) is 0. The Kier molecular flexibility index (Phi) is 4.08. The van der Waals surface area contributed by atoms with Crippen molar-refractivity contribution in [3.8, 4) is 0 Å². The minimum atomic E-state index is 0.352. The first kappa shape index (κ1) is 11.2. The maximum Gasteiger partial charge on any atom is 0.129 e. The summed E-state index contributed by atoms with van der Waals surface area (Å²) in [6.07, 6.45) is 3.43. The second kappa shape index (κ2) is 5.11. The molecule has 1 aromatic heterocycles. The van der Waals surface area contributed by atoms with Crippen LogP contribution in [-0.4, -0.2) is 10.7 Å². The van der Waals surface area contributed by atoms with Gasteiger partial charge < -0.3 is 5.41 Å². The number of aromatic nitrogens is 1. The van der Waals surface area contributed by atoms with Gasteiger partial charge in [-0.15, -0.1) is 0 Å². The van der Waals surface area contributed by atoms with E-state index in [2.05, 4.69) is 18.8 Å². The molecule has 1 heterocycles. The third-order valence-electron chi connectivity index (χ3n) is 2.39. The quantitative estimate of drug-likeness (QED) is 0.601. The van der Waals surface area contributed by atoms with Crippen molar-refractivity contribution in [1.82, 2.24) is 4.98 Å². The molecule has 0 aliphatic rings. The van der Waals surface area contributed by atoms with Crippen LogP contribution in [0.4, 0.5) is 0 Å². The fraction of sp³-hybridized carbons (Fsp3) is 0.455. The standard InChI is InChI=1S/C11H15ClN2/c1-3-8(2)10(13)6-9-4-5-11(12)14-7-9/h4-5,7-8,13H,3,6H2,1-2H3. The van der Waals surface area contributed by atoms with Crippen LogP contribution in [-0.2, 0) is 6.42 Å². The maximum atomic E-state index is 7.83. The topological polar surface area (TPSA) is 36.7 Å². The zero-order valence-corrected chi connectivity index (χ0v) is 9.30. The van der Waals surface area contributed by atoms with Gasteiger partial charge >= 0.3 is 0 Å². The van der Waals surface area contributed by atoms with Crippen LogP contribution in [0, 0.1) is 11.3 Å². The van der Waals surface area contributed by atoms with Gasteiger partial charge in [-0.25, -0.2) is 4.98 Å². The molecule has 1 unspecified atom stereocenters. The van der Waals surface area contributed by atoms with Crippen molar-refractivity contribution in [3.05, 3.63) is 29.0 Å². The van der Waals surface area contributed by atoms with Gasteiger partial charge in [0.25, 0.3) is 0 Å². The molecule has 2 nitrogen and oxygen atoms in total. The van der Waals surface area contributed by atoms with Crippen molar-refractivity contribution in [3.63, 3.8) is 0 Å². The largest absolute Gasteiger partial charge is 0.309 e. The van der Waals surface area contributed by atoms with Crippen LogP contribution < -0.4 is 0 Å². The van der Waals surface area contributed by atoms with E-state index in [9.17, 15) is 0 Å². The van der Waals surface area contributed by atoms with Gasteiger partial charge in [-0.1, -0.05) is 31.5 Å². The lowest BCUT2D eigenvalue weighted by atomic mass is 9.97. The van der Waals surface area contributed by atoms with Crippen molar-refractivity contribution in [2.45, 2.75) is 26.7 Å². The molecule has 1 N–H and O–H groups in total. The molecule has 0 amide bonds. The van der Waals surface area contributed by atoms with Crippen LogP contribution in [0.1, 0.15) is 25.8 Å². The third kappa shape index (κ3) is 3.11. The summed E-state index contributed by atoms with van der Waals surface area (Å²) in [5, 5.41) is 8.33. The first-order valence-corrected chi connectivity index (χ1v) is 5.19. The van der Waals surface area contributed by atoms with Crippen molar-refractivity contribution < 1.29 is 0 Å². The van der Waals surface area contributed by atoms with E-state index in [4.69, 9.17) is 17.0 Å². The van der Waals surface area contributed by atoms with Crippen LogP contribution >= 0.6 is 11.6 Å². The summed E-state index contributed by atoms with van der Waals surface area (Å²) in [6, 6.07) is 3.69. The number of pyridine rings is 1. The van der Waals surface area contributed by atoms with Gasteiger partial charge in [-0.2, -0.15) is 0 Å². The van der Waals surface area contributed by atoms with Crippen LogP contribution in [0.25, 0.3) is 0 Å². The van der Waals surface area contributed by atoms with E-state index in [0.717, 1.165) is 17.7 Å². The lowest BCUT2D eigenvalue weighted by molar-refractivity contribution is 0.723. The molecule has 0 saturated heterocycles. The van der Waals surface area contributed by atoms with Gasteiger partial charge in [0.05, 0.1) is 0 Å². The monoisotopic (exact) mass is 210 g/mol. The molecular weight excluding hydrogens is 196 g/mol. The molecule has 0 radical (unpaired) electrons. The Bertz CT molecular complexity index is 306. The molecule has 1 aromatic rings. The molecule has 0 fully saturated rings. The minimum Gasteiger partial charge on any atom is -0.309 e. The zero-order chi connectivity index (χ0) is 10.6. The Labute approximate surface area is 89.8 Å². The summed E-state index contributed by atoms with van der Waals surface area (Å²) in [5.41, 5.74) is 1.82. The smallest absolute Gasteiger partial charge is 0.129 e. The lowest BCUT2D eigenvalue weighted by Crippen LogP contribution is -2.11. The van der Waals surface area contributed by atoms with Gasteiger partial charge in [0.2, 0.25) is 0 Å². The molecule has 0 aromatic carbocycles. The highest BCUT2D eigenvalue weighted by Gasteiger charge is 2.07. The number of halogens is 1. The summed E-state index contributed by atoms with van der Waals surface area (Å²) in [5.74, 6) is 0.352. The van der Waals surface area contributed by atoms with Crippen molar-refractivity contribution >= 4 is 17.3 Å². The molecule has 0 spiro atoms. The Morgan fingerprint density at radius 2 is 2.29 bits per heavy atom. The predicted molar refractivity (Wildman–Crippen MR) is 60.1 cm³/mol. The summed E-state index contributed by atoms with van der Waals surface area (Å²) >= 11 is 5.67. The van der Waals surface area contributed by atoms with Gasteiger partial charge in [0.1, 0.15) is 5.15 Å². The molecule has 0 aliphatic carbocycles. The molecule has 76 valence electrons. The first-order chi connectivity index (χ1) is 6.63. The SMILES string of the molecule is CCC(C)C(=N)Cc1ccc(Cl)nc1. The van der Waals surface area contributed by atoms with Crippen LogP contribution in [0.15, 0.2) is 18.3 Å². The third-order valence-corrected chi connectivity index (χ3v) is 2.61. The highest BCUT2D eigenvalue weighted by Crippen LogP contribution is 2.10. The highest BCUT2D eigenvalue weighted by molar-refractivity contribution is 6.29. The predicted octanol–water partition coefficient (Wildman–Crippen LogP) is 3.34. The zero-order valence-electron chi connectivity index (χ0n) is 8.55. The number of rotatable bonds is 4. The van der Waals surface area contributed by atoms with Crippen LogP contribution in [0.5, 0.6) is 0 Å². The number of hydrogen-bond acceptors (Lipinski definition) is 2. The molecule has 1 atom stereocenters. The van der Waals surface area contributed by atoms with Gasteiger partial charge in [0.15, 0.2) is 0 Å². The molecule has 1 rings (SSSR count). The van der Waals surface area contributed by atoms with Crippen molar-refractivity contribution in [2.24, 2.45) is 5.92 Å². The summed E-state index contributed by atoms with van der Waals surface area (Å²) in [4.78, 5) is 3.99. The minimum absolute atomic E-state index is 0.352. The van der Waals surface area contributed by atoms with Gasteiger partial charge in [-0.05, 0) is 24.0 Å². The van der Waals surface area contributed by atoms with Crippen molar-refractivity contribution in [1.29, 1.82) is 5.41 Å². The van der Waals surface area contributed by atoms with Gasteiger partial charge in [-0.3, -0.25) is 0 Å². The van der Waals surface area contributed by atoms with Crippen LogP contribution in [0.3, 0.4) is 0 Å². The molecule has 0 aliphatic heterocycles. The molecule has 0 saturated carbocycles. The Morgan fingerprint density at radius 1 is 1.57 bits per heavy atom. The normalized spacial score (nSPS) is 12.5. The lowest BCUT2D eigenvalue weighted by Gasteiger charge is -2.09. The Morgan fingerprint density at radius 3 is 2.79 bits per heavy atom. The van der Waals surface area contributed by atoms with E-state index >= 15 is 0 Å². The van der Waals surface area contributed by atoms with E-state index in [1.54, 1.807) is 12.3 Å². The van der Waals surface area contributed by atoms with E-state index in [-0.39, 0.29) is 0 Å². The molecule has 14 heavy (non-hydrogen) atoms. The molecule has 0 bridgehead atoms. The van der Waals surface area contributed by atoms with E-state index in [1.165, 1.54) is 0 Å². The second-order valence-electron chi connectivity index (χ2n) is 3.50. The van der Waals surface area contributed by atoms with Crippen LogP contribution in [0.2, 0.25) is 5.15 Å². The van der Waals surface area contributed by atoms with Crippen molar-refractivity contribution in [2.75, 3.05) is 0 Å². The Hall–Kier alpha value is -0.890. The average molecular weight is 211 g/mol. The fourth-order valence-corrected chi connectivity index (χ4v) is 1.26. The number of hydrogen-bond donors (Lipinski definition) is 1. The van der Waals surface area contributed by atoms with E-state index in [0.29, 0.717) is 17.5 Å². The maximum absolute atomic E-state index is 7.83. The molecular formula is C11H15ClN2. The Balaban J connectivity index is 2.60. The second-order valence-corrected chi connectivity index (χ2v) is 3.89. The highest BCUT2D eigenvalue weighted by atomic mass is 35.5. The van der Waals surface area contributed by atoms with Gasteiger partial charge in [0, 0.05) is 18.3 Å². The average Bonchev–Trinajstić information content (AvgIpc) is 2.20. The number of nitrogens with zero attached hydrogens (tertiary/aromatic N) is 1. The molecule has 3 heteroatoms. The number of nitrogens with one attached hydrogen (secondary N) is 1. The summed E-state index contributed by atoms with van der Waals surface area (Å²) < 4.78 is 0.